The third kappa shape index (κ3) is 4.53. The second kappa shape index (κ2) is 11.6. The third-order valence-corrected chi connectivity index (χ3v) is 10.2. The van der Waals surface area contributed by atoms with E-state index in [1.54, 1.807) is 0 Å². The minimum atomic E-state index is -0.0435. The zero-order valence-corrected chi connectivity index (χ0v) is 27.3. The topological polar surface area (TPSA) is 32.3 Å². The van der Waals surface area contributed by atoms with E-state index in [0.717, 1.165) is 40.5 Å². The van der Waals surface area contributed by atoms with Crippen LogP contribution in [0.2, 0.25) is 0 Å². The number of nitrogens with zero attached hydrogens (tertiary/aromatic N) is 4. The van der Waals surface area contributed by atoms with Crippen LogP contribution in [0, 0.1) is 0 Å². The van der Waals surface area contributed by atoms with Crippen LogP contribution in [0.15, 0.2) is 170 Å². The number of fused-ring (bicyclic) bond motifs is 2. The fourth-order valence-corrected chi connectivity index (χ4v) is 7.94. The minimum absolute atomic E-state index is 0.0435. The molecule has 10 rings (SSSR count). The Bertz CT molecular complexity index is 2640. The first-order chi connectivity index (χ1) is 24.8. The van der Waals surface area contributed by atoms with Gasteiger partial charge in [0, 0.05) is 34.2 Å². The van der Waals surface area contributed by atoms with Crippen molar-refractivity contribution in [3.63, 3.8) is 0 Å². The van der Waals surface area contributed by atoms with E-state index < -0.39 is 0 Å². The number of para-hydroxylation sites is 1. The van der Waals surface area contributed by atoms with Gasteiger partial charge in [-0.3, -0.25) is 4.90 Å². The van der Waals surface area contributed by atoms with Gasteiger partial charge < -0.3 is 4.90 Å². The summed E-state index contributed by atoms with van der Waals surface area (Å²) >= 11 is 0. The van der Waals surface area contributed by atoms with E-state index in [4.69, 9.17) is 9.97 Å². The predicted molar refractivity (Wildman–Crippen MR) is 209 cm³/mol. The van der Waals surface area contributed by atoms with Crippen LogP contribution in [-0.4, -0.2) is 16.0 Å². The molecule has 2 aromatic heterocycles. The molecule has 4 heteroatoms. The number of rotatable bonds is 6. The van der Waals surface area contributed by atoms with Gasteiger partial charge >= 0.3 is 0 Å². The van der Waals surface area contributed by atoms with Crippen molar-refractivity contribution in [3.05, 3.63) is 187 Å². The summed E-state index contributed by atoms with van der Waals surface area (Å²) in [4.78, 5) is 14.7. The number of hydrogen-bond acceptors (Lipinski definition) is 4. The van der Waals surface area contributed by atoms with Gasteiger partial charge in [-0.2, -0.15) is 0 Å². The average molecular weight is 641 g/mol. The summed E-state index contributed by atoms with van der Waals surface area (Å²) in [5.74, 6) is 1.82. The Hall–Kier alpha value is -6.52. The third-order valence-electron chi connectivity index (χ3n) is 10.2. The van der Waals surface area contributed by atoms with Gasteiger partial charge in [-0.1, -0.05) is 121 Å². The maximum absolute atomic E-state index is 5.02. The highest BCUT2D eigenvalue weighted by Crippen LogP contribution is 2.48. The van der Waals surface area contributed by atoms with E-state index in [-0.39, 0.29) is 6.04 Å². The number of hydrogen-bond donors (Lipinski definition) is 0. The second-order valence-electron chi connectivity index (χ2n) is 13.0. The van der Waals surface area contributed by atoms with Crippen molar-refractivity contribution in [2.45, 2.75) is 12.5 Å². The molecule has 236 valence electrons. The highest BCUT2D eigenvalue weighted by molar-refractivity contribution is 6.11. The van der Waals surface area contributed by atoms with Crippen LogP contribution in [0.3, 0.4) is 0 Å². The number of pyridine rings is 2. The van der Waals surface area contributed by atoms with E-state index in [9.17, 15) is 0 Å². The number of anilines is 5. The first kappa shape index (κ1) is 28.5. The van der Waals surface area contributed by atoms with Crippen molar-refractivity contribution in [1.29, 1.82) is 0 Å². The predicted octanol–water partition coefficient (Wildman–Crippen LogP) is 11.6. The molecule has 0 bridgehead atoms. The quantitative estimate of drug-likeness (QED) is 0.181. The van der Waals surface area contributed by atoms with Crippen molar-refractivity contribution >= 4 is 72.7 Å². The molecule has 2 aliphatic carbocycles. The molecule has 4 nitrogen and oxygen atoms in total. The maximum atomic E-state index is 5.02. The monoisotopic (exact) mass is 640 g/mol. The van der Waals surface area contributed by atoms with E-state index in [0.29, 0.717) is 0 Å². The van der Waals surface area contributed by atoms with E-state index in [2.05, 4.69) is 168 Å². The number of aromatic nitrogens is 2. The van der Waals surface area contributed by atoms with Gasteiger partial charge in [-0.25, -0.2) is 9.97 Å². The molecule has 0 spiro atoms. The van der Waals surface area contributed by atoms with Crippen molar-refractivity contribution in [1.82, 2.24) is 9.97 Å². The minimum Gasteiger partial charge on any atom is -0.315 e. The summed E-state index contributed by atoms with van der Waals surface area (Å²) in [7, 11) is 0. The van der Waals surface area contributed by atoms with E-state index in [1.165, 1.54) is 49.2 Å². The van der Waals surface area contributed by atoms with Gasteiger partial charge in [-0.15, -0.1) is 0 Å². The number of benzene rings is 6. The highest BCUT2D eigenvalue weighted by atomic mass is 15.2. The van der Waals surface area contributed by atoms with Gasteiger partial charge in [0.1, 0.15) is 11.6 Å². The zero-order chi connectivity index (χ0) is 33.0. The fourth-order valence-electron chi connectivity index (χ4n) is 7.94. The van der Waals surface area contributed by atoms with Crippen LogP contribution in [0.4, 0.5) is 28.7 Å². The zero-order valence-electron chi connectivity index (χ0n) is 27.3. The van der Waals surface area contributed by atoms with Crippen LogP contribution < -0.4 is 9.80 Å². The lowest BCUT2D eigenvalue weighted by Gasteiger charge is -2.38. The summed E-state index contributed by atoms with van der Waals surface area (Å²) in [6.07, 6.45) is 11.8. The molecule has 6 aromatic carbocycles. The van der Waals surface area contributed by atoms with Crippen LogP contribution >= 0.6 is 0 Å². The van der Waals surface area contributed by atoms with Crippen LogP contribution in [0.1, 0.15) is 16.7 Å². The molecule has 2 aliphatic rings. The van der Waals surface area contributed by atoms with Crippen LogP contribution in [0.25, 0.3) is 44.0 Å². The Kier molecular flexibility index (Phi) is 6.59. The smallest absolute Gasteiger partial charge is 0.138 e. The molecule has 0 saturated carbocycles. The summed E-state index contributed by atoms with van der Waals surface area (Å²) < 4.78 is 0. The lowest BCUT2D eigenvalue weighted by Crippen LogP contribution is -2.33. The Morgan fingerprint density at radius 3 is 2.26 bits per heavy atom. The van der Waals surface area contributed by atoms with Gasteiger partial charge in [0.25, 0.3) is 0 Å². The molecule has 1 atom stereocenters. The molecule has 0 saturated heterocycles. The second-order valence-corrected chi connectivity index (χ2v) is 13.0. The highest BCUT2D eigenvalue weighted by Gasteiger charge is 2.33. The molecule has 50 heavy (non-hydrogen) atoms. The lowest BCUT2D eigenvalue weighted by atomic mass is 9.78. The summed E-state index contributed by atoms with van der Waals surface area (Å²) in [6.45, 7) is 0. The SMILES string of the molecule is C1=CC(N(c2ccccn2)c2cccc3ccccc23)C2=CCc3ccc(N(c4ccccc4)c4cc5ccccc5cn4)c4ccc1c2c34. The summed E-state index contributed by atoms with van der Waals surface area (Å²) in [6, 6.07) is 51.8. The maximum Gasteiger partial charge on any atom is 0.138 e. The Balaban J connectivity index is 1.18. The summed E-state index contributed by atoms with van der Waals surface area (Å²) in [5.41, 5.74) is 8.53. The largest absolute Gasteiger partial charge is 0.315 e. The molecule has 0 aliphatic heterocycles. The van der Waals surface area contributed by atoms with Crippen molar-refractivity contribution in [3.8, 4) is 0 Å². The molecule has 0 amide bonds. The molecule has 0 N–H and O–H groups in total. The normalized spacial score (nSPS) is 14.6. The van der Waals surface area contributed by atoms with E-state index in [1.807, 2.05) is 18.5 Å². The van der Waals surface area contributed by atoms with Crippen LogP contribution in [0.5, 0.6) is 0 Å². The molecule has 8 aromatic rings. The Morgan fingerprint density at radius 2 is 1.38 bits per heavy atom. The fraction of sp³-hybridized carbons (Fsp3) is 0.0435. The first-order valence-corrected chi connectivity index (χ1v) is 17.2. The molecular formula is C46H32N4. The van der Waals surface area contributed by atoms with Gasteiger partial charge in [-0.05, 0) is 87.3 Å². The van der Waals surface area contributed by atoms with Gasteiger partial charge in [0.15, 0.2) is 0 Å². The van der Waals surface area contributed by atoms with Gasteiger partial charge in [0.05, 0.1) is 17.4 Å². The summed E-state index contributed by atoms with van der Waals surface area (Å²) in [5, 5.41) is 7.24. The van der Waals surface area contributed by atoms with Crippen molar-refractivity contribution in [2.24, 2.45) is 0 Å². The molecule has 1 unspecified atom stereocenters. The van der Waals surface area contributed by atoms with E-state index >= 15 is 0 Å². The molecule has 0 radical (unpaired) electrons. The molecule has 0 fully saturated rings. The van der Waals surface area contributed by atoms with Crippen molar-refractivity contribution < 1.29 is 0 Å². The Labute approximate surface area is 290 Å². The lowest BCUT2D eigenvalue weighted by molar-refractivity contribution is 0.930. The Morgan fingerprint density at radius 1 is 0.580 bits per heavy atom. The average Bonchev–Trinajstić information content (AvgIpc) is 3.19. The van der Waals surface area contributed by atoms with Crippen molar-refractivity contribution in [2.75, 3.05) is 9.80 Å². The van der Waals surface area contributed by atoms with Gasteiger partial charge in [0.2, 0.25) is 0 Å². The standard InChI is InChI=1S/C46H32N4/c1-2-15-36(16-3-1)49(44-29-34-12-4-5-13-35(34)30-48-44)41-26-22-32-21-25-39-42(27-23-33-20-24-38(41)45(32)46(33)39)50(43-19-8-9-28-47-43)40-18-10-14-31-11-6-7-17-37(31)40/h1-20,22-30,42H,21H2. The first-order valence-electron chi connectivity index (χ1n) is 17.2. The molecule has 2 heterocycles. The number of allylic oxidation sites excluding steroid dienone is 1. The van der Waals surface area contributed by atoms with Crippen LogP contribution in [-0.2, 0) is 6.42 Å². The molecular weight excluding hydrogens is 609 g/mol.